The van der Waals surface area contributed by atoms with E-state index in [1.807, 2.05) is 45.0 Å². The number of ether oxygens (including phenoxy) is 2. The number of nitrogens with zero attached hydrogens (tertiary/aromatic N) is 2. The Bertz CT molecular complexity index is 682. The third kappa shape index (κ3) is 9.86. The summed E-state index contributed by atoms with van der Waals surface area (Å²) in [6, 6.07) is 7.69. The Morgan fingerprint density at radius 2 is 2.14 bits per heavy atom. The number of benzene rings is 1. The highest BCUT2D eigenvalue weighted by atomic mass is 127. The van der Waals surface area contributed by atoms with Crippen LogP contribution in [0, 0.1) is 0 Å². The van der Waals surface area contributed by atoms with E-state index in [0.29, 0.717) is 31.3 Å². The van der Waals surface area contributed by atoms with Crippen LogP contribution < -0.4 is 10.6 Å². The van der Waals surface area contributed by atoms with Gasteiger partial charge < -0.3 is 25.0 Å². The summed E-state index contributed by atoms with van der Waals surface area (Å²) in [5.41, 5.74) is 0.554. The second-order valence-electron chi connectivity index (χ2n) is 7.73. The molecule has 2 N–H and O–H groups in total. The number of alkyl carbamates (subject to hydrolysis) is 1. The summed E-state index contributed by atoms with van der Waals surface area (Å²) in [4.78, 5) is 18.4. The molecule has 0 bridgehead atoms. The maximum atomic E-state index is 11.9. The van der Waals surface area contributed by atoms with E-state index in [0.717, 1.165) is 24.5 Å². The standard InChI is InChI=1S/C20H31ClN4O3.HI/c1-20(2,3)28-19(26)24-17-8-10-25(13-17)18(22-4)23-9-11-27-14-15-6-5-7-16(21)12-15;/h5-7,12,17H,8-11,13-14H2,1-4H3,(H,22,23)(H,24,26);1H/t17-;/m1./s1. The average molecular weight is 539 g/mol. The van der Waals surface area contributed by atoms with Gasteiger partial charge in [-0.25, -0.2) is 4.79 Å². The van der Waals surface area contributed by atoms with E-state index in [4.69, 9.17) is 21.1 Å². The maximum absolute atomic E-state index is 11.9. The lowest BCUT2D eigenvalue weighted by molar-refractivity contribution is 0.0507. The Balaban J connectivity index is 0.00000420. The van der Waals surface area contributed by atoms with Crippen molar-refractivity contribution in [2.45, 2.75) is 45.4 Å². The van der Waals surface area contributed by atoms with Gasteiger partial charge in [0.15, 0.2) is 5.96 Å². The van der Waals surface area contributed by atoms with Crippen molar-refractivity contribution < 1.29 is 14.3 Å². The number of amides is 1. The van der Waals surface area contributed by atoms with Crippen LogP contribution in [-0.4, -0.2) is 61.9 Å². The van der Waals surface area contributed by atoms with Crippen molar-refractivity contribution in [1.82, 2.24) is 15.5 Å². The summed E-state index contributed by atoms with van der Waals surface area (Å²) in [5.74, 6) is 0.805. The van der Waals surface area contributed by atoms with E-state index in [-0.39, 0.29) is 36.1 Å². The first-order chi connectivity index (χ1) is 13.3. The lowest BCUT2D eigenvalue weighted by Crippen LogP contribution is -2.44. The number of carbonyl (C=O) groups excluding carboxylic acids is 1. The summed E-state index contributed by atoms with van der Waals surface area (Å²) in [5, 5.41) is 6.94. The molecule has 1 aromatic rings. The second-order valence-corrected chi connectivity index (χ2v) is 8.17. The molecule has 1 aliphatic rings. The number of aliphatic imine (C=N–C) groups is 1. The summed E-state index contributed by atoms with van der Waals surface area (Å²) in [6.45, 7) is 8.81. The first-order valence-electron chi connectivity index (χ1n) is 9.54. The second kappa shape index (κ2) is 12.4. The number of likely N-dealkylation sites (tertiary alicyclic amines) is 1. The molecule has 0 saturated carbocycles. The van der Waals surface area contributed by atoms with Crippen LogP contribution in [0.4, 0.5) is 4.79 Å². The predicted molar refractivity (Wildman–Crippen MR) is 127 cm³/mol. The molecule has 2 rings (SSSR count). The SMILES string of the molecule is CN=C(NCCOCc1cccc(Cl)c1)N1CC[C@@H](NC(=O)OC(C)(C)C)C1.I. The lowest BCUT2D eigenvalue weighted by atomic mass is 10.2. The molecule has 7 nitrogen and oxygen atoms in total. The fraction of sp³-hybridized carbons (Fsp3) is 0.600. The van der Waals surface area contributed by atoms with Crippen LogP contribution in [0.15, 0.2) is 29.3 Å². The fourth-order valence-corrected chi connectivity index (χ4v) is 3.14. The van der Waals surface area contributed by atoms with Gasteiger partial charge in [-0.1, -0.05) is 23.7 Å². The van der Waals surface area contributed by atoms with Crippen LogP contribution in [-0.2, 0) is 16.1 Å². The molecule has 9 heteroatoms. The number of guanidine groups is 1. The Hall–Kier alpha value is -1.26. The highest BCUT2D eigenvalue weighted by Crippen LogP contribution is 2.13. The molecule has 29 heavy (non-hydrogen) atoms. The van der Waals surface area contributed by atoms with Gasteiger partial charge in [-0.05, 0) is 44.9 Å². The third-order valence-electron chi connectivity index (χ3n) is 4.11. The molecular weight excluding hydrogens is 507 g/mol. The molecule has 0 radical (unpaired) electrons. The summed E-state index contributed by atoms with van der Waals surface area (Å²) < 4.78 is 11.0. The molecule has 1 fully saturated rings. The summed E-state index contributed by atoms with van der Waals surface area (Å²) in [7, 11) is 1.75. The molecule has 0 spiro atoms. The van der Waals surface area contributed by atoms with Crippen molar-refractivity contribution in [3.63, 3.8) is 0 Å². The number of rotatable bonds is 6. The molecule has 1 saturated heterocycles. The minimum atomic E-state index is -0.495. The summed E-state index contributed by atoms with van der Waals surface area (Å²) >= 11 is 5.97. The van der Waals surface area contributed by atoms with Crippen LogP contribution in [0.3, 0.4) is 0 Å². The van der Waals surface area contributed by atoms with Gasteiger partial charge >= 0.3 is 6.09 Å². The minimum absolute atomic E-state index is 0. The zero-order valence-corrected chi connectivity index (χ0v) is 20.6. The van der Waals surface area contributed by atoms with Crippen molar-refractivity contribution in [2.75, 3.05) is 33.3 Å². The van der Waals surface area contributed by atoms with Crippen molar-refractivity contribution in [2.24, 2.45) is 4.99 Å². The number of halogens is 2. The lowest BCUT2D eigenvalue weighted by Gasteiger charge is -2.23. The van der Waals surface area contributed by atoms with Gasteiger partial charge in [0.2, 0.25) is 0 Å². The van der Waals surface area contributed by atoms with Gasteiger partial charge in [-0.3, -0.25) is 4.99 Å². The highest BCUT2D eigenvalue weighted by Gasteiger charge is 2.27. The number of nitrogens with one attached hydrogen (secondary N) is 2. The third-order valence-corrected chi connectivity index (χ3v) is 4.34. The predicted octanol–water partition coefficient (Wildman–Crippen LogP) is 3.65. The smallest absolute Gasteiger partial charge is 0.407 e. The van der Waals surface area contributed by atoms with Gasteiger partial charge in [-0.2, -0.15) is 0 Å². The Labute approximate surface area is 195 Å². The first kappa shape index (κ1) is 25.8. The first-order valence-corrected chi connectivity index (χ1v) is 9.92. The van der Waals surface area contributed by atoms with Crippen LogP contribution in [0.2, 0.25) is 5.02 Å². The largest absolute Gasteiger partial charge is 0.444 e. The van der Waals surface area contributed by atoms with E-state index in [1.54, 1.807) is 7.05 Å². The van der Waals surface area contributed by atoms with Crippen LogP contribution >= 0.6 is 35.6 Å². The Morgan fingerprint density at radius 1 is 1.38 bits per heavy atom. The monoisotopic (exact) mass is 538 g/mol. The maximum Gasteiger partial charge on any atom is 0.407 e. The Kier molecular flexibility index (Phi) is 11.1. The summed E-state index contributed by atoms with van der Waals surface area (Å²) in [6.07, 6.45) is 0.474. The molecule has 0 aromatic heterocycles. The normalized spacial score (nSPS) is 16.9. The fourth-order valence-electron chi connectivity index (χ4n) is 2.93. The molecule has 1 heterocycles. The van der Waals surface area contributed by atoms with Gasteiger partial charge in [0, 0.05) is 31.7 Å². The zero-order valence-electron chi connectivity index (χ0n) is 17.5. The topological polar surface area (TPSA) is 75.2 Å². The van der Waals surface area contributed by atoms with Crippen LogP contribution in [0.5, 0.6) is 0 Å². The molecular formula is C20H32ClIN4O3. The van der Waals surface area contributed by atoms with Crippen LogP contribution in [0.1, 0.15) is 32.8 Å². The van der Waals surface area contributed by atoms with Crippen LogP contribution in [0.25, 0.3) is 0 Å². The molecule has 1 aliphatic heterocycles. The van der Waals surface area contributed by atoms with E-state index in [1.165, 1.54) is 0 Å². The molecule has 0 unspecified atom stereocenters. The zero-order chi connectivity index (χ0) is 20.6. The molecule has 164 valence electrons. The van der Waals surface area contributed by atoms with Crippen molar-refractivity contribution in [3.8, 4) is 0 Å². The molecule has 1 aromatic carbocycles. The molecule has 1 atom stereocenters. The van der Waals surface area contributed by atoms with E-state index >= 15 is 0 Å². The number of hydrogen-bond donors (Lipinski definition) is 2. The van der Waals surface area contributed by atoms with E-state index < -0.39 is 5.60 Å². The van der Waals surface area contributed by atoms with Gasteiger partial charge in [-0.15, -0.1) is 24.0 Å². The molecule has 1 amide bonds. The quantitative estimate of drug-likeness (QED) is 0.250. The van der Waals surface area contributed by atoms with Gasteiger partial charge in [0.1, 0.15) is 5.60 Å². The Morgan fingerprint density at radius 3 is 2.79 bits per heavy atom. The van der Waals surface area contributed by atoms with E-state index in [9.17, 15) is 4.79 Å². The van der Waals surface area contributed by atoms with Crippen molar-refractivity contribution in [3.05, 3.63) is 34.9 Å². The average Bonchev–Trinajstić information content (AvgIpc) is 3.04. The van der Waals surface area contributed by atoms with Gasteiger partial charge in [0.05, 0.1) is 19.3 Å². The number of carbonyl (C=O) groups is 1. The molecule has 0 aliphatic carbocycles. The minimum Gasteiger partial charge on any atom is -0.444 e. The van der Waals surface area contributed by atoms with Gasteiger partial charge in [0.25, 0.3) is 0 Å². The van der Waals surface area contributed by atoms with Crippen molar-refractivity contribution in [1.29, 1.82) is 0 Å². The number of hydrogen-bond acceptors (Lipinski definition) is 4. The highest BCUT2D eigenvalue weighted by molar-refractivity contribution is 14.0. The van der Waals surface area contributed by atoms with Crippen molar-refractivity contribution >= 4 is 47.6 Å². The van der Waals surface area contributed by atoms with E-state index in [2.05, 4.69) is 20.5 Å².